The third-order valence-electron chi connectivity index (χ3n) is 6.42. The van der Waals surface area contributed by atoms with Gasteiger partial charge in [-0.05, 0) is 43.5 Å². The van der Waals surface area contributed by atoms with Crippen LogP contribution in [0.2, 0.25) is 0 Å². The van der Waals surface area contributed by atoms with Gasteiger partial charge in [0.25, 0.3) is 5.91 Å². The van der Waals surface area contributed by atoms with Crippen LogP contribution in [0.4, 0.5) is 0 Å². The van der Waals surface area contributed by atoms with E-state index in [1.165, 1.54) is 5.56 Å². The maximum absolute atomic E-state index is 12.6. The molecule has 3 aromatic heterocycles. The molecule has 4 heterocycles. The Morgan fingerprint density at radius 3 is 2.54 bits per heavy atom. The molecule has 0 bridgehead atoms. The van der Waals surface area contributed by atoms with Crippen LogP contribution in [-0.2, 0) is 13.0 Å². The van der Waals surface area contributed by atoms with Crippen LogP contribution in [-0.4, -0.2) is 35.4 Å². The highest BCUT2D eigenvalue weighted by Crippen LogP contribution is 2.34. The Labute approximate surface area is 202 Å². The van der Waals surface area contributed by atoms with Gasteiger partial charge in [0, 0.05) is 30.1 Å². The van der Waals surface area contributed by atoms with Gasteiger partial charge in [0.1, 0.15) is 29.2 Å². The Morgan fingerprint density at radius 2 is 1.77 bits per heavy atom. The summed E-state index contributed by atoms with van der Waals surface area (Å²) in [4.78, 5) is 35.4. The Kier molecular flexibility index (Phi) is 5.06. The molecule has 0 saturated carbocycles. The monoisotopic (exact) mass is 461 g/mol. The van der Waals surface area contributed by atoms with E-state index in [1.807, 2.05) is 41.8 Å². The normalized spacial score (nSPS) is 14.8. The van der Waals surface area contributed by atoms with Gasteiger partial charge in [0.05, 0.1) is 11.6 Å². The summed E-state index contributed by atoms with van der Waals surface area (Å²) < 4.78 is 2.05. The van der Waals surface area contributed by atoms with Crippen molar-refractivity contribution < 1.29 is 4.79 Å². The largest absolute Gasteiger partial charge is 0.345 e. The first-order valence-corrected chi connectivity index (χ1v) is 11.6. The fourth-order valence-electron chi connectivity index (χ4n) is 4.71. The van der Waals surface area contributed by atoms with Crippen molar-refractivity contribution >= 4 is 17.1 Å². The zero-order valence-corrected chi connectivity index (χ0v) is 19.4. The summed E-state index contributed by atoms with van der Waals surface area (Å²) in [6.07, 6.45) is 5.86. The molecule has 0 radical (unpaired) electrons. The van der Waals surface area contributed by atoms with Crippen molar-refractivity contribution in [3.05, 3.63) is 89.8 Å². The average Bonchev–Trinajstić information content (AvgIpc) is 3.42. The van der Waals surface area contributed by atoms with Crippen molar-refractivity contribution in [1.82, 2.24) is 34.8 Å². The molecule has 2 aromatic carbocycles. The van der Waals surface area contributed by atoms with Gasteiger partial charge in [0.2, 0.25) is 0 Å². The first-order chi connectivity index (χ1) is 17.1. The number of nitrogens with zero attached hydrogens (tertiary/aromatic N) is 6. The molecule has 172 valence electrons. The van der Waals surface area contributed by atoms with Gasteiger partial charge < -0.3 is 9.88 Å². The summed E-state index contributed by atoms with van der Waals surface area (Å²) in [6.45, 7) is 4.61. The maximum atomic E-state index is 12.6. The number of carbonyl (C=O) groups excluding carboxylic acids is 1. The van der Waals surface area contributed by atoms with Crippen molar-refractivity contribution in [3.8, 4) is 22.6 Å². The summed E-state index contributed by atoms with van der Waals surface area (Å²) in [6, 6.07) is 16.0. The number of amides is 1. The standard InChI is InChI=1S/C27H23N7O/c1-3-34-25(19-13-28-16(2)29-14-19)33-24-23(30-15-31-26(24)34)18-9-10-20-21(12-18)22(32-27(20)35)11-17-7-5-4-6-8-17/h4-10,12-15,22H,3,11H2,1-2H3,(H,32,35)/t22-/m0/s1. The molecule has 6 rings (SSSR count). The molecule has 0 unspecified atom stereocenters. The molecule has 0 spiro atoms. The smallest absolute Gasteiger partial charge is 0.252 e. The van der Waals surface area contributed by atoms with E-state index >= 15 is 0 Å². The van der Waals surface area contributed by atoms with Crippen LogP contribution >= 0.6 is 0 Å². The van der Waals surface area contributed by atoms with Gasteiger partial charge >= 0.3 is 0 Å². The van der Waals surface area contributed by atoms with Crippen molar-refractivity contribution in [2.75, 3.05) is 0 Å². The molecular formula is C27H23N7O. The number of rotatable bonds is 5. The molecule has 8 heteroatoms. The third kappa shape index (κ3) is 3.63. The van der Waals surface area contributed by atoms with Gasteiger partial charge in [-0.15, -0.1) is 0 Å². The van der Waals surface area contributed by atoms with E-state index in [4.69, 9.17) is 4.98 Å². The van der Waals surface area contributed by atoms with E-state index in [0.717, 1.165) is 40.3 Å². The van der Waals surface area contributed by atoms with Crippen LogP contribution < -0.4 is 5.32 Å². The van der Waals surface area contributed by atoms with Crippen LogP contribution in [0.5, 0.6) is 0 Å². The zero-order chi connectivity index (χ0) is 23.9. The molecule has 1 aliphatic rings. The first-order valence-electron chi connectivity index (χ1n) is 11.6. The molecule has 1 aliphatic heterocycles. The summed E-state index contributed by atoms with van der Waals surface area (Å²) in [5, 5.41) is 3.13. The highest BCUT2D eigenvalue weighted by molar-refractivity contribution is 6.00. The number of hydrogen-bond donors (Lipinski definition) is 1. The predicted octanol–water partition coefficient (Wildman–Crippen LogP) is 4.31. The summed E-state index contributed by atoms with van der Waals surface area (Å²) in [5.41, 5.74) is 6.78. The zero-order valence-electron chi connectivity index (χ0n) is 19.4. The van der Waals surface area contributed by atoms with Crippen molar-refractivity contribution in [2.45, 2.75) is 32.9 Å². The second-order valence-corrected chi connectivity index (χ2v) is 8.61. The fourth-order valence-corrected chi connectivity index (χ4v) is 4.71. The average molecular weight is 462 g/mol. The Bertz CT molecular complexity index is 1560. The highest BCUT2D eigenvalue weighted by atomic mass is 16.2. The molecule has 35 heavy (non-hydrogen) atoms. The number of carbonyl (C=O) groups is 1. The lowest BCUT2D eigenvalue weighted by Gasteiger charge is -2.13. The minimum atomic E-state index is -0.0920. The minimum absolute atomic E-state index is 0.0442. The number of benzene rings is 2. The number of nitrogens with one attached hydrogen (secondary N) is 1. The Morgan fingerprint density at radius 1 is 0.971 bits per heavy atom. The Balaban J connectivity index is 1.46. The van der Waals surface area contributed by atoms with Gasteiger partial charge in [0.15, 0.2) is 5.65 Å². The van der Waals surface area contributed by atoms with Crippen LogP contribution in [0.1, 0.15) is 40.3 Å². The molecule has 1 atom stereocenters. The molecule has 1 amide bonds. The summed E-state index contributed by atoms with van der Waals surface area (Å²) in [5.74, 6) is 1.42. The highest BCUT2D eigenvalue weighted by Gasteiger charge is 2.29. The molecule has 8 nitrogen and oxygen atoms in total. The first kappa shape index (κ1) is 21.1. The van der Waals surface area contributed by atoms with E-state index in [0.29, 0.717) is 23.4 Å². The number of aryl methyl sites for hydroxylation is 2. The van der Waals surface area contributed by atoms with E-state index in [-0.39, 0.29) is 11.9 Å². The van der Waals surface area contributed by atoms with E-state index in [2.05, 4.69) is 50.4 Å². The topological polar surface area (TPSA) is 98.5 Å². The molecule has 5 aromatic rings. The SMILES string of the molecule is CCn1c(-c2cnc(C)nc2)nc2c(-c3ccc4c(c3)[C@H](Cc3ccccc3)NC4=O)ncnc21. The Hall–Kier alpha value is -4.46. The fraction of sp³-hybridized carbons (Fsp3) is 0.185. The van der Waals surface area contributed by atoms with Gasteiger partial charge in [-0.25, -0.2) is 24.9 Å². The third-order valence-corrected chi connectivity index (χ3v) is 6.42. The van der Waals surface area contributed by atoms with E-state index in [9.17, 15) is 4.79 Å². The predicted molar refractivity (Wildman–Crippen MR) is 133 cm³/mol. The number of aromatic nitrogens is 6. The molecule has 0 saturated heterocycles. The maximum Gasteiger partial charge on any atom is 0.252 e. The van der Waals surface area contributed by atoms with Crippen LogP contribution in [0.3, 0.4) is 0 Å². The van der Waals surface area contributed by atoms with Gasteiger partial charge in [-0.2, -0.15) is 0 Å². The number of hydrogen-bond acceptors (Lipinski definition) is 6. The summed E-state index contributed by atoms with van der Waals surface area (Å²) in [7, 11) is 0. The molecule has 0 fully saturated rings. The lowest BCUT2D eigenvalue weighted by Crippen LogP contribution is -2.20. The molecular weight excluding hydrogens is 438 g/mol. The van der Waals surface area contributed by atoms with Gasteiger partial charge in [-0.1, -0.05) is 36.4 Å². The van der Waals surface area contributed by atoms with Crippen molar-refractivity contribution in [1.29, 1.82) is 0 Å². The number of fused-ring (bicyclic) bond motifs is 2. The van der Waals surface area contributed by atoms with Gasteiger partial charge in [-0.3, -0.25) is 4.79 Å². The second-order valence-electron chi connectivity index (χ2n) is 8.61. The lowest BCUT2D eigenvalue weighted by atomic mass is 9.95. The van der Waals surface area contributed by atoms with Crippen LogP contribution in [0.25, 0.3) is 33.8 Å². The minimum Gasteiger partial charge on any atom is -0.345 e. The lowest BCUT2D eigenvalue weighted by molar-refractivity contribution is 0.0956. The second kappa shape index (κ2) is 8.39. The summed E-state index contributed by atoms with van der Waals surface area (Å²) >= 11 is 0. The van der Waals surface area contributed by atoms with Crippen molar-refractivity contribution in [2.24, 2.45) is 0 Å². The number of imidazole rings is 1. The quantitative estimate of drug-likeness (QED) is 0.419. The van der Waals surface area contributed by atoms with E-state index in [1.54, 1.807) is 18.7 Å². The van der Waals surface area contributed by atoms with Crippen LogP contribution in [0, 0.1) is 6.92 Å². The molecule has 0 aliphatic carbocycles. The van der Waals surface area contributed by atoms with E-state index < -0.39 is 0 Å². The van der Waals surface area contributed by atoms with Crippen molar-refractivity contribution in [3.63, 3.8) is 0 Å². The molecule has 1 N–H and O–H groups in total. The van der Waals surface area contributed by atoms with Crippen LogP contribution in [0.15, 0.2) is 67.3 Å².